The van der Waals surface area contributed by atoms with Crippen LogP contribution in [0.4, 0.5) is 0 Å². The second kappa shape index (κ2) is 6.34. The Balaban J connectivity index is 2.38. The number of aromatic nitrogens is 1. The molecule has 0 atom stereocenters. The van der Waals surface area contributed by atoms with Crippen molar-refractivity contribution in [2.24, 2.45) is 0 Å². The fourth-order valence-corrected chi connectivity index (χ4v) is 1.92. The number of pyridine rings is 1. The van der Waals surface area contributed by atoms with Gasteiger partial charge in [0.25, 0.3) is 0 Å². The molecule has 3 nitrogen and oxygen atoms in total. The van der Waals surface area contributed by atoms with Gasteiger partial charge in [-0.05, 0) is 37.1 Å². The van der Waals surface area contributed by atoms with E-state index >= 15 is 0 Å². The number of para-hydroxylation sites is 1. The fraction of sp³-hybridized carbons (Fsp3) is 0.312. The fourth-order valence-electron chi connectivity index (χ4n) is 1.92. The van der Waals surface area contributed by atoms with Crippen LogP contribution in [0, 0.1) is 6.92 Å². The number of ether oxygens (including phenoxy) is 1. The Morgan fingerprint density at radius 2 is 1.95 bits per heavy atom. The number of hydrogen-bond donors (Lipinski definition) is 1. The molecule has 0 bridgehead atoms. The van der Waals surface area contributed by atoms with Crippen LogP contribution in [0.15, 0.2) is 36.4 Å². The Hall–Kier alpha value is -1.87. The van der Waals surface area contributed by atoms with Crippen LogP contribution < -0.4 is 4.74 Å². The standard InChI is InChI=1S/C16H19NO2/c1-3-10-19-16-7-5-4-6-14(16)15-9-8-13(11-18)12(2)17-15/h4-9,18H,3,10-11H2,1-2H3. The minimum absolute atomic E-state index is 0.0209. The Labute approximate surface area is 113 Å². The van der Waals surface area contributed by atoms with Gasteiger partial charge in [0.05, 0.1) is 18.9 Å². The van der Waals surface area contributed by atoms with Gasteiger partial charge in [-0.15, -0.1) is 0 Å². The molecule has 0 aliphatic rings. The molecule has 1 aromatic carbocycles. The lowest BCUT2D eigenvalue weighted by molar-refractivity contribution is 0.280. The molecule has 19 heavy (non-hydrogen) atoms. The first-order chi connectivity index (χ1) is 9.26. The molecule has 3 heteroatoms. The van der Waals surface area contributed by atoms with Crippen molar-refractivity contribution in [3.05, 3.63) is 47.7 Å². The van der Waals surface area contributed by atoms with Gasteiger partial charge in [-0.25, -0.2) is 0 Å². The number of nitrogens with zero attached hydrogens (tertiary/aromatic N) is 1. The van der Waals surface area contributed by atoms with E-state index in [1.807, 2.05) is 43.3 Å². The van der Waals surface area contributed by atoms with Gasteiger partial charge >= 0.3 is 0 Å². The topological polar surface area (TPSA) is 42.4 Å². The Kier molecular flexibility index (Phi) is 4.53. The van der Waals surface area contributed by atoms with Gasteiger partial charge in [-0.1, -0.05) is 25.1 Å². The molecule has 1 aromatic heterocycles. The lowest BCUT2D eigenvalue weighted by Gasteiger charge is -2.11. The van der Waals surface area contributed by atoms with Gasteiger partial charge in [-0.3, -0.25) is 4.98 Å². The number of benzene rings is 1. The van der Waals surface area contributed by atoms with E-state index in [0.29, 0.717) is 6.61 Å². The Morgan fingerprint density at radius 3 is 2.63 bits per heavy atom. The normalized spacial score (nSPS) is 10.5. The molecular formula is C16H19NO2. The highest BCUT2D eigenvalue weighted by molar-refractivity contribution is 5.67. The second-order valence-corrected chi connectivity index (χ2v) is 4.44. The quantitative estimate of drug-likeness (QED) is 0.893. The van der Waals surface area contributed by atoms with E-state index in [0.717, 1.165) is 34.7 Å². The predicted molar refractivity (Wildman–Crippen MR) is 76.1 cm³/mol. The highest BCUT2D eigenvalue weighted by Gasteiger charge is 2.08. The summed E-state index contributed by atoms with van der Waals surface area (Å²) in [7, 11) is 0. The Bertz CT molecular complexity index is 552. The van der Waals surface area contributed by atoms with Gasteiger partial charge in [0.1, 0.15) is 5.75 Å². The van der Waals surface area contributed by atoms with Crippen molar-refractivity contribution in [3.63, 3.8) is 0 Å². The second-order valence-electron chi connectivity index (χ2n) is 4.44. The summed E-state index contributed by atoms with van der Waals surface area (Å²) in [5.74, 6) is 0.855. The van der Waals surface area contributed by atoms with Crippen molar-refractivity contribution in [1.82, 2.24) is 4.98 Å². The van der Waals surface area contributed by atoms with Crippen LogP contribution in [0.3, 0.4) is 0 Å². The summed E-state index contributed by atoms with van der Waals surface area (Å²) >= 11 is 0. The maximum Gasteiger partial charge on any atom is 0.128 e. The van der Waals surface area contributed by atoms with Gasteiger partial charge in [-0.2, -0.15) is 0 Å². The summed E-state index contributed by atoms with van der Waals surface area (Å²) in [6.07, 6.45) is 0.976. The van der Waals surface area contributed by atoms with Crippen LogP contribution in [0.1, 0.15) is 24.6 Å². The zero-order valence-electron chi connectivity index (χ0n) is 11.4. The van der Waals surface area contributed by atoms with Crippen LogP contribution in [-0.2, 0) is 6.61 Å². The average Bonchev–Trinajstić information content (AvgIpc) is 2.45. The molecule has 0 unspecified atom stereocenters. The van der Waals surface area contributed by atoms with Gasteiger partial charge < -0.3 is 9.84 Å². The Morgan fingerprint density at radius 1 is 1.16 bits per heavy atom. The highest BCUT2D eigenvalue weighted by atomic mass is 16.5. The molecule has 2 rings (SSSR count). The molecule has 100 valence electrons. The maximum atomic E-state index is 9.19. The molecule has 0 radical (unpaired) electrons. The molecule has 0 fully saturated rings. The molecule has 0 aliphatic carbocycles. The van der Waals surface area contributed by atoms with E-state index in [4.69, 9.17) is 4.74 Å². The summed E-state index contributed by atoms with van der Waals surface area (Å²) in [5, 5.41) is 9.19. The SMILES string of the molecule is CCCOc1ccccc1-c1ccc(CO)c(C)n1. The molecule has 0 spiro atoms. The number of aliphatic hydroxyl groups is 1. The lowest BCUT2D eigenvalue weighted by atomic mass is 10.1. The first-order valence-corrected chi connectivity index (χ1v) is 6.55. The minimum Gasteiger partial charge on any atom is -0.493 e. The van der Waals surface area contributed by atoms with Crippen LogP contribution in [0.25, 0.3) is 11.3 Å². The molecule has 2 aromatic rings. The van der Waals surface area contributed by atoms with Gasteiger partial charge in [0.2, 0.25) is 0 Å². The van der Waals surface area contributed by atoms with Crippen molar-refractivity contribution in [2.45, 2.75) is 26.9 Å². The van der Waals surface area contributed by atoms with Gasteiger partial charge in [0, 0.05) is 11.3 Å². The number of rotatable bonds is 5. The molecule has 1 heterocycles. The first-order valence-electron chi connectivity index (χ1n) is 6.55. The number of hydrogen-bond acceptors (Lipinski definition) is 3. The zero-order valence-corrected chi connectivity index (χ0v) is 11.4. The van der Waals surface area contributed by atoms with Crippen molar-refractivity contribution in [3.8, 4) is 17.0 Å². The summed E-state index contributed by atoms with van der Waals surface area (Å²) in [6, 6.07) is 11.7. The molecular weight excluding hydrogens is 238 g/mol. The summed E-state index contributed by atoms with van der Waals surface area (Å²) in [5.41, 5.74) is 3.57. The van der Waals surface area contributed by atoms with E-state index in [-0.39, 0.29) is 6.61 Å². The third kappa shape index (κ3) is 3.12. The molecule has 0 amide bonds. The van der Waals surface area contributed by atoms with Crippen LogP contribution in [0.2, 0.25) is 0 Å². The highest BCUT2D eigenvalue weighted by Crippen LogP contribution is 2.29. The largest absolute Gasteiger partial charge is 0.493 e. The third-order valence-electron chi connectivity index (χ3n) is 2.99. The van der Waals surface area contributed by atoms with Crippen LogP contribution >= 0.6 is 0 Å². The maximum absolute atomic E-state index is 9.19. The van der Waals surface area contributed by atoms with Crippen molar-refractivity contribution in [2.75, 3.05) is 6.61 Å². The van der Waals surface area contributed by atoms with E-state index in [9.17, 15) is 5.11 Å². The number of aliphatic hydroxyl groups excluding tert-OH is 1. The molecule has 0 saturated heterocycles. The van der Waals surface area contributed by atoms with Crippen molar-refractivity contribution < 1.29 is 9.84 Å². The molecule has 0 aliphatic heterocycles. The minimum atomic E-state index is 0.0209. The summed E-state index contributed by atoms with van der Waals surface area (Å²) < 4.78 is 5.75. The van der Waals surface area contributed by atoms with Crippen LogP contribution in [0.5, 0.6) is 5.75 Å². The van der Waals surface area contributed by atoms with Crippen molar-refractivity contribution >= 4 is 0 Å². The van der Waals surface area contributed by atoms with E-state index in [1.165, 1.54) is 0 Å². The zero-order chi connectivity index (χ0) is 13.7. The predicted octanol–water partition coefficient (Wildman–Crippen LogP) is 3.34. The van der Waals surface area contributed by atoms with Gasteiger partial charge in [0.15, 0.2) is 0 Å². The van der Waals surface area contributed by atoms with E-state index < -0.39 is 0 Å². The monoisotopic (exact) mass is 257 g/mol. The summed E-state index contributed by atoms with van der Waals surface area (Å²) in [6.45, 7) is 4.71. The lowest BCUT2D eigenvalue weighted by Crippen LogP contribution is -1.99. The van der Waals surface area contributed by atoms with E-state index in [2.05, 4.69) is 11.9 Å². The average molecular weight is 257 g/mol. The van der Waals surface area contributed by atoms with Crippen molar-refractivity contribution in [1.29, 1.82) is 0 Å². The number of aryl methyl sites for hydroxylation is 1. The van der Waals surface area contributed by atoms with Crippen LogP contribution in [-0.4, -0.2) is 16.7 Å². The summed E-state index contributed by atoms with van der Waals surface area (Å²) in [4.78, 5) is 4.54. The van der Waals surface area contributed by atoms with E-state index in [1.54, 1.807) is 0 Å². The molecule has 0 saturated carbocycles. The smallest absolute Gasteiger partial charge is 0.128 e. The third-order valence-corrected chi connectivity index (χ3v) is 2.99. The molecule has 1 N–H and O–H groups in total. The first kappa shape index (κ1) is 13.6.